The molecule has 0 aromatic heterocycles. The Morgan fingerprint density at radius 1 is 1.10 bits per heavy atom. The van der Waals surface area contributed by atoms with Crippen LogP contribution in [0, 0.1) is 12.7 Å². The highest BCUT2D eigenvalue weighted by atomic mass is 127. The summed E-state index contributed by atoms with van der Waals surface area (Å²) < 4.78 is 24.2. The fourth-order valence-corrected chi connectivity index (χ4v) is 2.62. The zero-order valence-electron chi connectivity index (χ0n) is 17.2. The number of aryl methyl sites for hydroxylation is 1. The Hall–Kier alpha value is -2.07. The fraction of sp³-hybridized carbons (Fsp3) is 0.381. The third-order valence-corrected chi connectivity index (χ3v) is 4.26. The molecule has 0 saturated carbocycles. The lowest BCUT2D eigenvalue weighted by atomic mass is 10.1. The summed E-state index contributed by atoms with van der Waals surface area (Å²) in [5.74, 6) is 1.46. The molecule has 160 valence electrons. The predicted molar refractivity (Wildman–Crippen MR) is 124 cm³/mol. The average molecular weight is 517 g/mol. The lowest BCUT2D eigenvalue weighted by molar-refractivity contribution is 0.180. The van der Waals surface area contributed by atoms with Crippen LogP contribution in [0.1, 0.15) is 29.7 Å². The van der Waals surface area contributed by atoms with Crippen molar-refractivity contribution in [1.82, 2.24) is 10.6 Å². The van der Waals surface area contributed by atoms with E-state index in [1.54, 1.807) is 45.4 Å². The summed E-state index contributed by atoms with van der Waals surface area (Å²) in [6.07, 6.45) is -0.763. The molecule has 0 radical (unpaired) electrons. The molecule has 2 aromatic rings. The number of hydrogen-bond donors (Lipinski definition) is 3. The Kier molecular flexibility index (Phi) is 10.7. The molecule has 0 amide bonds. The van der Waals surface area contributed by atoms with Crippen molar-refractivity contribution in [3.05, 3.63) is 58.9 Å². The minimum atomic E-state index is -0.763. The topological polar surface area (TPSA) is 75.1 Å². The van der Waals surface area contributed by atoms with E-state index in [0.29, 0.717) is 41.7 Å². The number of nitrogens with one attached hydrogen (secondary N) is 2. The van der Waals surface area contributed by atoms with Crippen molar-refractivity contribution in [3.8, 4) is 11.5 Å². The number of aliphatic imine (C=N–C) groups is 1. The van der Waals surface area contributed by atoms with Gasteiger partial charge >= 0.3 is 0 Å². The predicted octanol–water partition coefficient (Wildman–Crippen LogP) is 3.56. The van der Waals surface area contributed by atoms with Crippen molar-refractivity contribution < 1.29 is 19.0 Å². The van der Waals surface area contributed by atoms with Crippen LogP contribution in [0.2, 0.25) is 0 Å². The monoisotopic (exact) mass is 517 g/mol. The number of ether oxygens (including phenoxy) is 2. The van der Waals surface area contributed by atoms with E-state index in [-0.39, 0.29) is 36.3 Å². The lowest BCUT2D eigenvalue weighted by Crippen LogP contribution is -2.39. The van der Waals surface area contributed by atoms with Crippen LogP contribution in [0.4, 0.5) is 4.39 Å². The van der Waals surface area contributed by atoms with Crippen molar-refractivity contribution in [2.75, 3.05) is 27.3 Å². The molecular weight excluding hydrogens is 488 g/mol. The standard InChI is InChI=1S/C21H28FN3O3.HI/c1-5-23-21(24-12-15-7-6-14(2)17(22)10-15)25-13-18(26)16-8-9-19(27-3)20(11-16)28-4;/h6-11,18,26H,5,12-13H2,1-4H3,(H2,23,24,25);1H. The summed E-state index contributed by atoms with van der Waals surface area (Å²) in [5, 5.41) is 16.7. The van der Waals surface area contributed by atoms with Gasteiger partial charge in [-0.3, -0.25) is 0 Å². The molecule has 0 spiro atoms. The second-order valence-corrected chi connectivity index (χ2v) is 6.29. The molecule has 3 N–H and O–H groups in total. The molecule has 0 aliphatic rings. The number of methoxy groups -OCH3 is 2. The number of benzene rings is 2. The summed E-state index contributed by atoms with van der Waals surface area (Å²) in [4.78, 5) is 4.45. The molecule has 1 unspecified atom stereocenters. The summed E-state index contributed by atoms with van der Waals surface area (Å²) in [5.41, 5.74) is 2.08. The molecule has 29 heavy (non-hydrogen) atoms. The smallest absolute Gasteiger partial charge is 0.191 e. The van der Waals surface area contributed by atoms with Gasteiger partial charge in [0.25, 0.3) is 0 Å². The molecule has 0 heterocycles. The number of aliphatic hydroxyl groups is 1. The SMILES string of the molecule is CCNC(=NCc1ccc(C)c(F)c1)NCC(O)c1ccc(OC)c(OC)c1.I. The van der Waals surface area contributed by atoms with Gasteiger partial charge in [-0.25, -0.2) is 9.38 Å². The maximum atomic E-state index is 13.7. The molecule has 0 fully saturated rings. The van der Waals surface area contributed by atoms with E-state index in [2.05, 4.69) is 15.6 Å². The van der Waals surface area contributed by atoms with Gasteiger partial charge in [-0.05, 0) is 48.7 Å². The van der Waals surface area contributed by atoms with E-state index >= 15 is 0 Å². The summed E-state index contributed by atoms with van der Waals surface area (Å²) in [6, 6.07) is 10.4. The Labute approximate surface area is 188 Å². The molecule has 1 atom stereocenters. The molecule has 0 bridgehead atoms. The van der Waals surface area contributed by atoms with Gasteiger partial charge in [-0.2, -0.15) is 0 Å². The highest BCUT2D eigenvalue weighted by Crippen LogP contribution is 2.29. The van der Waals surface area contributed by atoms with Crippen LogP contribution in [0.15, 0.2) is 41.4 Å². The maximum Gasteiger partial charge on any atom is 0.191 e. The Morgan fingerprint density at radius 3 is 2.45 bits per heavy atom. The van der Waals surface area contributed by atoms with E-state index in [9.17, 15) is 9.50 Å². The van der Waals surface area contributed by atoms with E-state index < -0.39 is 6.10 Å². The largest absolute Gasteiger partial charge is 0.493 e. The van der Waals surface area contributed by atoms with Gasteiger partial charge < -0.3 is 25.2 Å². The Balaban J connectivity index is 0.00000420. The van der Waals surface area contributed by atoms with Gasteiger partial charge in [0.15, 0.2) is 17.5 Å². The number of rotatable bonds is 8. The van der Waals surface area contributed by atoms with Crippen LogP contribution in [-0.2, 0) is 6.54 Å². The van der Waals surface area contributed by atoms with E-state index in [1.165, 1.54) is 6.07 Å². The maximum absolute atomic E-state index is 13.7. The van der Waals surface area contributed by atoms with Gasteiger partial charge in [0.2, 0.25) is 0 Å². The summed E-state index contributed by atoms with van der Waals surface area (Å²) in [6.45, 7) is 4.93. The molecule has 6 nitrogen and oxygen atoms in total. The average Bonchev–Trinajstić information content (AvgIpc) is 2.71. The number of guanidine groups is 1. The second kappa shape index (κ2) is 12.5. The lowest BCUT2D eigenvalue weighted by Gasteiger charge is -2.17. The van der Waals surface area contributed by atoms with Crippen LogP contribution in [0.25, 0.3) is 0 Å². The van der Waals surface area contributed by atoms with Gasteiger partial charge in [0, 0.05) is 13.1 Å². The molecule has 2 rings (SSSR count). The van der Waals surface area contributed by atoms with Crippen molar-refractivity contribution in [2.45, 2.75) is 26.5 Å². The first kappa shape index (κ1) is 25.0. The van der Waals surface area contributed by atoms with Gasteiger partial charge in [-0.1, -0.05) is 18.2 Å². The van der Waals surface area contributed by atoms with E-state index in [1.807, 2.05) is 13.0 Å². The number of hydrogen-bond acceptors (Lipinski definition) is 4. The normalized spacial score (nSPS) is 12.0. The zero-order valence-corrected chi connectivity index (χ0v) is 19.5. The summed E-state index contributed by atoms with van der Waals surface area (Å²) >= 11 is 0. The van der Waals surface area contributed by atoms with Gasteiger partial charge in [0.05, 0.1) is 26.9 Å². The zero-order chi connectivity index (χ0) is 20.5. The van der Waals surface area contributed by atoms with E-state index in [4.69, 9.17) is 9.47 Å². The number of nitrogens with zero attached hydrogens (tertiary/aromatic N) is 1. The van der Waals surface area contributed by atoms with Crippen LogP contribution >= 0.6 is 24.0 Å². The van der Waals surface area contributed by atoms with Crippen LogP contribution < -0.4 is 20.1 Å². The first-order valence-corrected chi connectivity index (χ1v) is 9.15. The quantitative estimate of drug-likeness (QED) is 0.284. The van der Waals surface area contributed by atoms with Crippen LogP contribution in [0.3, 0.4) is 0 Å². The van der Waals surface area contributed by atoms with Crippen molar-refractivity contribution in [2.24, 2.45) is 4.99 Å². The molecule has 2 aromatic carbocycles. The van der Waals surface area contributed by atoms with Gasteiger partial charge in [0.1, 0.15) is 5.82 Å². The van der Waals surface area contributed by atoms with Crippen LogP contribution in [0.5, 0.6) is 11.5 Å². The number of halogens is 2. The molecule has 0 aliphatic heterocycles. The van der Waals surface area contributed by atoms with Crippen LogP contribution in [-0.4, -0.2) is 38.4 Å². The molecule has 0 aliphatic carbocycles. The highest BCUT2D eigenvalue weighted by molar-refractivity contribution is 14.0. The van der Waals surface area contributed by atoms with Crippen molar-refractivity contribution >= 4 is 29.9 Å². The minimum Gasteiger partial charge on any atom is -0.493 e. The minimum absolute atomic E-state index is 0. The number of aliphatic hydroxyl groups excluding tert-OH is 1. The second-order valence-electron chi connectivity index (χ2n) is 6.29. The van der Waals surface area contributed by atoms with Crippen molar-refractivity contribution in [3.63, 3.8) is 0 Å². The first-order chi connectivity index (χ1) is 13.5. The first-order valence-electron chi connectivity index (χ1n) is 9.15. The molecule has 0 saturated heterocycles. The fourth-order valence-electron chi connectivity index (χ4n) is 2.62. The van der Waals surface area contributed by atoms with E-state index in [0.717, 1.165) is 5.56 Å². The molecular formula is C21H29FIN3O3. The Bertz CT molecular complexity index is 818. The highest BCUT2D eigenvalue weighted by Gasteiger charge is 2.12. The molecule has 8 heteroatoms. The third-order valence-electron chi connectivity index (χ3n) is 4.26. The Morgan fingerprint density at radius 2 is 1.83 bits per heavy atom. The third kappa shape index (κ3) is 7.36. The van der Waals surface area contributed by atoms with Gasteiger partial charge in [-0.15, -0.1) is 24.0 Å². The van der Waals surface area contributed by atoms with Crippen molar-refractivity contribution in [1.29, 1.82) is 0 Å². The summed E-state index contributed by atoms with van der Waals surface area (Å²) in [7, 11) is 3.12.